The van der Waals surface area contributed by atoms with Gasteiger partial charge in [0.1, 0.15) is 0 Å². The van der Waals surface area contributed by atoms with Gasteiger partial charge in [-0.1, -0.05) is 19.1 Å². The van der Waals surface area contributed by atoms with Crippen LogP contribution in [0.25, 0.3) is 0 Å². The van der Waals surface area contributed by atoms with Crippen molar-refractivity contribution in [2.75, 3.05) is 25.5 Å². The zero-order chi connectivity index (χ0) is 12.0. The fourth-order valence-electron chi connectivity index (χ4n) is 1.28. The second kappa shape index (κ2) is 6.00. The average Bonchev–Trinajstić information content (AvgIpc) is 2.27. The molecule has 88 valence electrons. The molecule has 16 heavy (non-hydrogen) atoms. The smallest absolute Gasteiger partial charge is 0.408 e. The minimum Gasteiger partial charge on any atom is -0.408 e. The van der Waals surface area contributed by atoms with E-state index in [0.717, 1.165) is 12.1 Å². The molecule has 0 saturated carbocycles. The summed E-state index contributed by atoms with van der Waals surface area (Å²) in [7, 11) is 3.82. The highest BCUT2D eigenvalue weighted by Gasteiger charge is 2.08. The van der Waals surface area contributed by atoms with E-state index in [2.05, 4.69) is 5.32 Å². The third-order valence-electron chi connectivity index (χ3n) is 2.07. The van der Waals surface area contributed by atoms with Gasteiger partial charge in [-0.3, -0.25) is 0 Å². The topological polar surface area (TPSA) is 41.6 Å². The van der Waals surface area contributed by atoms with E-state index < -0.39 is 6.09 Å². The molecule has 0 fully saturated rings. The standard InChI is InChI=1S/C12H18N2O2/c1-4-9-13-12(15)16-11-8-6-5-7-10(11)14(2)3/h5-8H,4,9H2,1-3H3,(H,13,15). The maximum Gasteiger partial charge on any atom is 0.412 e. The Morgan fingerprint density at radius 3 is 2.69 bits per heavy atom. The van der Waals surface area contributed by atoms with Crippen molar-refractivity contribution in [1.29, 1.82) is 0 Å². The molecule has 0 saturated heterocycles. The highest BCUT2D eigenvalue weighted by molar-refractivity contribution is 5.73. The van der Waals surface area contributed by atoms with Crippen molar-refractivity contribution in [1.82, 2.24) is 5.32 Å². The third-order valence-corrected chi connectivity index (χ3v) is 2.07. The van der Waals surface area contributed by atoms with E-state index in [-0.39, 0.29) is 0 Å². The second-order valence-electron chi connectivity index (χ2n) is 3.68. The van der Waals surface area contributed by atoms with Crippen LogP contribution in [0.3, 0.4) is 0 Å². The van der Waals surface area contributed by atoms with Crippen LogP contribution in [-0.4, -0.2) is 26.7 Å². The maximum atomic E-state index is 11.4. The van der Waals surface area contributed by atoms with Gasteiger partial charge in [0.15, 0.2) is 5.75 Å². The van der Waals surface area contributed by atoms with Gasteiger partial charge in [0.25, 0.3) is 0 Å². The van der Waals surface area contributed by atoms with Crippen molar-refractivity contribution in [3.05, 3.63) is 24.3 Å². The van der Waals surface area contributed by atoms with Crippen LogP contribution in [0.1, 0.15) is 13.3 Å². The molecule has 0 heterocycles. The molecule has 1 rings (SSSR count). The molecule has 0 aliphatic carbocycles. The normalized spacial score (nSPS) is 9.69. The number of ether oxygens (including phenoxy) is 1. The summed E-state index contributed by atoms with van der Waals surface area (Å²) in [5.74, 6) is 0.570. The number of anilines is 1. The number of benzene rings is 1. The number of nitrogens with one attached hydrogen (secondary N) is 1. The number of amides is 1. The molecule has 0 spiro atoms. The van der Waals surface area contributed by atoms with Gasteiger partial charge in [-0.15, -0.1) is 0 Å². The number of hydrogen-bond acceptors (Lipinski definition) is 3. The summed E-state index contributed by atoms with van der Waals surface area (Å²) in [5.41, 5.74) is 0.883. The zero-order valence-corrected chi connectivity index (χ0v) is 9.99. The highest BCUT2D eigenvalue weighted by atomic mass is 16.6. The first-order valence-corrected chi connectivity index (χ1v) is 5.37. The molecule has 1 amide bonds. The van der Waals surface area contributed by atoms with Crippen molar-refractivity contribution in [3.8, 4) is 5.75 Å². The Bertz CT molecular complexity index is 351. The SMILES string of the molecule is CCCNC(=O)Oc1ccccc1N(C)C. The summed E-state index contributed by atoms with van der Waals surface area (Å²) >= 11 is 0. The monoisotopic (exact) mass is 222 g/mol. The molecule has 0 aromatic heterocycles. The van der Waals surface area contributed by atoms with Crippen molar-refractivity contribution in [2.45, 2.75) is 13.3 Å². The first-order chi connectivity index (χ1) is 7.65. The number of para-hydroxylation sites is 2. The summed E-state index contributed by atoms with van der Waals surface area (Å²) < 4.78 is 5.22. The van der Waals surface area contributed by atoms with E-state index in [1.807, 2.05) is 44.1 Å². The molecule has 4 heteroatoms. The third kappa shape index (κ3) is 3.46. The lowest BCUT2D eigenvalue weighted by atomic mass is 10.3. The Balaban J connectivity index is 2.69. The van der Waals surface area contributed by atoms with Gasteiger partial charge in [-0.25, -0.2) is 4.79 Å². The minimum atomic E-state index is -0.406. The predicted octanol–water partition coefficient (Wildman–Crippen LogP) is 2.25. The first kappa shape index (κ1) is 12.4. The van der Waals surface area contributed by atoms with Gasteiger partial charge in [0.2, 0.25) is 0 Å². The Morgan fingerprint density at radius 2 is 2.06 bits per heavy atom. The fourth-order valence-corrected chi connectivity index (χ4v) is 1.28. The quantitative estimate of drug-likeness (QED) is 0.849. The van der Waals surface area contributed by atoms with E-state index in [4.69, 9.17) is 4.74 Å². The lowest BCUT2D eigenvalue weighted by Crippen LogP contribution is -2.28. The number of hydrogen-bond donors (Lipinski definition) is 1. The molecule has 1 aromatic carbocycles. The van der Waals surface area contributed by atoms with Gasteiger partial charge < -0.3 is 15.0 Å². The van der Waals surface area contributed by atoms with E-state index in [9.17, 15) is 4.79 Å². The molecule has 0 bridgehead atoms. The summed E-state index contributed by atoms with van der Waals surface area (Å²) in [6.07, 6.45) is 0.487. The van der Waals surface area contributed by atoms with Crippen LogP contribution < -0.4 is 15.0 Å². The molecular weight excluding hydrogens is 204 g/mol. The van der Waals surface area contributed by atoms with Crippen LogP contribution in [0.15, 0.2) is 24.3 Å². The second-order valence-corrected chi connectivity index (χ2v) is 3.68. The number of carbonyl (C=O) groups is 1. The summed E-state index contributed by atoms with van der Waals surface area (Å²) in [4.78, 5) is 13.3. The largest absolute Gasteiger partial charge is 0.412 e. The van der Waals surface area contributed by atoms with Crippen LogP contribution in [0, 0.1) is 0 Å². The van der Waals surface area contributed by atoms with E-state index in [0.29, 0.717) is 12.3 Å². The van der Waals surface area contributed by atoms with Crippen LogP contribution in [0.2, 0.25) is 0 Å². The molecule has 1 N–H and O–H groups in total. The van der Waals surface area contributed by atoms with E-state index in [1.54, 1.807) is 6.07 Å². The minimum absolute atomic E-state index is 0.406. The lowest BCUT2D eigenvalue weighted by molar-refractivity contribution is 0.200. The van der Waals surface area contributed by atoms with Crippen molar-refractivity contribution < 1.29 is 9.53 Å². The fraction of sp³-hybridized carbons (Fsp3) is 0.417. The van der Waals surface area contributed by atoms with Crippen molar-refractivity contribution in [3.63, 3.8) is 0 Å². The predicted molar refractivity (Wildman–Crippen MR) is 65.1 cm³/mol. The highest BCUT2D eigenvalue weighted by Crippen LogP contribution is 2.25. The van der Waals surface area contributed by atoms with Crippen LogP contribution >= 0.6 is 0 Å². The van der Waals surface area contributed by atoms with Gasteiger partial charge in [-0.2, -0.15) is 0 Å². The van der Waals surface area contributed by atoms with Gasteiger partial charge >= 0.3 is 6.09 Å². The van der Waals surface area contributed by atoms with Crippen LogP contribution in [0.5, 0.6) is 5.75 Å². The molecule has 0 aliphatic rings. The van der Waals surface area contributed by atoms with Crippen LogP contribution in [-0.2, 0) is 0 Å². The molecule has 0 unspecified atom stereocenters. The van der Waals surface area contributed by atoms with Crippen LogP contribution in [0.4, 0.5) is 10.5 Å². The lowest BCUT2D eigenvalue weighted by Gasteiger charge is -2.16. The number of rotatable bonds is 4. The van der Waals surface area contributed by atoms with Gasteiger partial charge in [0, 0.05) is 20.6 Å². The maximum absolute atomic E-state index is 11.4. The molecule has 4 nitrogen and oxygen atoms in total. The van der Waals surface area contributed by atoms with Crippen molar-refractivity contribution in [2.24, 2.45) is 0 Å². The molecule has 1 aromatic rings. The van der Waals surface area contributed by atoms with Crippen molar-refractivity contribution >= 4 is 11.8 Å². The molecular formula is C12H18N2O2. The molecule has 0 radical (unpaired) electrons. The van der Waals surface area contributed by atoms with Gasteiger partial charge in [0.05, 0.1) is 5.69 Å². The van der Waals surface area contributed by atoms with E-state index >= 15 is 0 Å². The Hall–Kier alpha value is -1.71. The number of carbonyl (C=O) groups excluding carboxylic acids is 1. The average molecular weight is 222 g/mol. The zero-order valence-electron chi connectivity index (χ0n) is 9.99. The first-order valence-electron chi connectivity index (χ1n) is 5.37. The molecule has 0 atom stereocenters. The van der Waals surface area contributed by atoms with Gasteiger partial charge in [-0.05, 0) is 18.6 Å². The Morgan fingerprint density at radius 1 is 1.38 bits per heavy atom. The summed E-state index contributed by atoms with van der Waals surface area (Å²) in [6.45, 7) is 2.62. The summed E-state index contributed by atoms with van der Waals surface area (Å²) in [5, 5.41) is 2.67. The molecule has 0 aliphatic heterocycles. The Labute approximate surface area is 96.2 Å². The summed E-state index contributed by atoms with van der Waals surface area (Å²) in [6, 6.07) is 7.44. The Kier molecular flexibility index (Phi) is 4.64. The van der Waals surface area contributed by atoms with E-state index in [1.165, 1.54) is 0 Å². The number of nitrogens with zero attached hydrogens (tertiary/aromatic N) is 1.